The Balaban J connectivity index is 2.64. The number of aliphatic hydroxyl groups is 1. The van der Waals surface area contributed by atoms with Gasteiger partial charge in [0.05, 0.1) is 6.61 Å². The molecule has 0 aromatic carbocycles. The summed E-state index contributed by atoms with van der Waals surface area (Å²) in [6.45, 7) is 9.13. The minimum absolute atomic E-state index is 0.199. The Kier molecular flexibility index (Phi) is 6.68. The lowest BCUT2D eigenvalue weighted by molar-refractivity contribution is 0.159. The first-order valence-electron chi connectivity index (χ1n) is 6.71. The molecule has 0 bridgehead atoms. The summed E-state index contributed by atoms with van der Waals surface area (Å²) >= 11 is 0. The molecule has 2 N–H and O–H groups in total. The van der Waals surface area contributed by atoms with Crippen molar-refractivity contribution in [3.05, 3.63) is 23.9 Å². The monoisotopic (exact) mass is 251 g/mol. The first-order chi connectivity index (χ1) is 8.67. The lowest BCUT2D eigenvalue weighted by atomic mass is 10.2. The predicted octanol–water partition coefficient (Wildman–Crippen LogP) is 2.11. The van der Waals surface area contributed by atoms with Crippen LogP contribution in [-0.2, 0) is 6.54 Å². The summed E-state index contributed by atoms with van der Waals surface area (Å²) in [5.41, 5.74) is 1.23. The minimum atomic E-state index is 0.199. The van der Waals surface area contributed by atoms with Crippen molar-refractivity contribution in [2.24, 2.45) is 0 Å². The van der Waals surface area contributed by atoms with E-state index in [1.54, 1.807) is 0 Å². The van der Waals surface area contributed by atoms with Gasteiger partial charge in [0.25, 0.3) is 0 Å². The molecule has 0 saturated carbocycles. The maximum absolute atomic E-state index is 9.07. The fraction of sp³-hybridized carbons (Fsp3) is 0.643. The molecule has 0 aliphatic rings. The maximum atomic E-state index is 9.07. The van der Waals surface area contributed by atoms with E-state index in [2.05, 4.69) is 42.0 Å². The van der Waals surface area contributed by atoms with Crippen LogP contribution in [0.5, 0.6) is 0 Å². The molecule has 0 amide bonds. The van der Waals surface area contributed by atoms with E-state index in [1.165, 1.54) is 5.56 Å². The van der Waals surface area contributed by atoms with Gasteiger partial charge in [0.15, 0.2) is 0 Å². The highest BCUT2D eigenvalue weighted by Gasteiger charge is 2.09. The van der Waals surface area contributed by atoms with Crippen molar-refractivity contribution in [1.82, 2.24) is 9.88 Å². The Morgan fingerprint density at radius 1 is 1.44 bits per heavy atom. The van der Waals surface area contributed by atoms with Crippen LogP contribution < -0.4 is 5.32 Å². The van der Waals surface area contributed by atoms with Crippen LogP contribution in [0.1, 0.15) is 32.8 Å². The van der Waals surface area contributed by atoms with Crippen molar-refractivity contribution < 1.29 is 5.11 Å². The minimum Gasteiger partial charge on any atom is -0.395 e. The van der Waals surface area contributed by atoms with Gasteiger partial charge in [-0.1, -0.05) is 6.92 Å². The largest absolute Gasteiger partial charge is 0.395 e. The van der Waals surface area contributed by atoms with Gasteiger partial charge < -0.3 is 10.4 Å². The lowest BCUT2D eigenvalue weighted by Gasteiger charge is -2.25. The lowest BCUT2D eigenvalue weighted by Crippen LogP contribution is -2.32. The quantitative estimate of drug-likeness (QED) is 0.743. The van der Waals surface area contributed by atoms with Crippen LogP contribution >= 0.6 is 0 Å². The van der Waals surface area contributed by atoms with Crippen molar-refractivity contribution >= 4 is 5.82 Å². The number of hydrogen-bond donors (Lipinski definition) is 2. The average molecular weight is 251 g/mol. The van der Waals surface area contributed by atoms with Crippen LogP contribution in [0, 0.1) is 0 Å². The van der Waals surface area contributed by atoms with Crippen molar-refractivity contribution in [2.75, 3.05) is 25.0 Å². The second-order valence-corrected chi connectivity index (χ2v) is 4.76. The molecule has 4 nitrogen and oxygen atoms in total. The van der Waals surface area contributed by atoms with Gasteiger partial charge in [-0.2, -0.15) is 0 Å². The van der Waals surface area contributed by atoms with E-state index in [0.717, 1.165) is 25.3 Å². The highest BCUT2D eigenvalue weighted by Crippen LogP contribution is 2.11. The van der Waals surface area contributed by atoms with Crippen molar-refractivity contribution in [1.29, 1.82) is 0 Å². The van der Waals surface area contributed by atoms with Crippen molar-refractivity contribution in [3.8, 4) is 0 Å². The molecule has 1 rings (SSSR count). The number of rotatable bonds is 8. The Hall–Kier alpha value is -1.13. The molecule has 4 heteroatoms. The summed E-state index contributed by atoms with van der Waals surface area (Å²) in [7, 11) is 0. The van der Waals surface area contributed by atoms with E-state index in [1.807, 2.05) is 12.3 Å². The van der Waals surface area contributed by atoms with Gasteiger partial charge in [-0.3, -0.25) is 4.90 Å². The van der Waals surface area contributed by atoms with Crippen molar-refractivity contribution in [3.63, 3.8) is 0 Å². The predicted molar refractivity (Wildman–Crippen MR) is 75.6 cm³/mol. The molecule has 0 fully saturated rings. The molecular weight excluding hydrogens is 226 g/mol. The third-order valence-corrected chi connectivity index (χ3v) is 2.88. The first kappa shape index (κ1) is 14.9. The number of nitrogens with one attached hydrogen (secondary N) is 1. The molecule has 18 heavy (non-hydrogen) atoms. The topological polar surface area (TPSA) is 48.4 Å². The summed E-state index contributed by atoms with van der Waals surface area (Å²) in [6.07, 6.45) is 2.93. The number of hydrogen-bond acceptors (Lipinski definition) is 4. The third-order valence-electron chi connectivity index (χ3n) is 2.88. The molecule has 0 unspecified atom stereocenters. The molecular formula is C14H25N3O. The van der Waals surface area contributed by atoms with Crippen molar-refractivity contribution in [2.45, 2.75) is 39.8 Å². The number of aliphatic hydroxyl groups excluding tert-OH is 1. The SMILES string of the molecule is CCCNc1cc(CN(CCO)C(C)C)ccn1. The Bertz CT molecular complexity index is 342. The number of anilines is 1. The molecule has 0 aliphatic heterocycles. The number of pyridine rings is 1. The molecule has 1 heterocycles. The standard InChI is InChI=1S/C14H25N3O/c1-4-6-15-14-10-13(5-7-16-14)11-17(8-9-18)12(2)3/h5,7,10,12,18H,4,6,8-9,11H2,1-3H3,(H,15,16). The van der Waals surface area contributed by atoms with Crippen LogP contribution in [0.4, 0.5) is 5.82 Å². The van der Waals surface area contributed by atoms with Crippen LogP contribution in [0.2, 0.25) is 0 Å². The molecule has 1 aromatic rings. The van der Waals surface area contributed by atoms with Crippen LogP contribution in [-0.4, -0.2) is 40.7 Å². The van der Waals surface area contributed by atoms with E-state index in [-0.39, 0.29) is 6.61 Å². The van der Waals surface area contributed by atoms with Gasteiger partial charge in [0, 0.05) is 31.9 Å². The molecule has 0 spiro atoms. The Morgan fingerprint density at radius 2 is 2.22 bits per heavy atom. The molecule has 0 saturated heterocycles. The number of nitrogens with zero attached hydrogens (tertiary/aromatic N) is 2. The fourth-order valence-electron chi connectivity index (χ4n) is 1.81. The summed E-state index contributed by atoms with van der Waals surface area (Å²) in [5, 5.41) is 12.4. The summed E-state index contributed by atoms with van der Waals surface area (Å²) in [5.74, 6) is 0.932. The Morgan fingerprint density at radius 3 is 2.83 bits per heavy atom. The second kappa shape index (κ2) is 8.06. The van der Waals surface area contributed by atoms with E-state index < -0.39 is 0 Å². The van der Waals surface area contributed by atoms with Gasteiger partial charge in [-0.25, -0.2) is 4.98 Å². The number of aromatic nitrogens is 1. The molecule has 1 aromatic heterocycles. The van der Waals surface area contributed by atoms with Gasteiger partial charge in [0.1, 0.15) is 5.82 Å². The van der Waals surface area contributed by atoms with E-state index >= 15 is 0 Å². The first-order valence-corrected chi connectivity index (χ1v) is 6.71. The zero-order valence-electron chi connectivity index (χ0n) is 11.7. The molecule has 0 aliphatic carbocycles. The summed E-state index contributed by atoms with van der Waals surface area (Å²) in [6, 6.07) is 4.55. The van der Waals surface area contributed by atoms with E-state index in [4.69, 9.17) is 5.11 Å². The van der Waals surface area contributed by atoms with Crippen LogP contribution in [0.15, 0.2) is 18.3 Å². The van der Waals surface area contributed by atoms with E-state index in [0.29, 0.717) is 12.6 Å². The molecule has 102 valence electrons. The van der Waals surface area contributed by atoms with Gasteiger partial charge >= 0.3 is 0 Å². The average Bonchev–Trinajstić information content (AvgIpc) is 2.36. The second-order valence-electron chi connectivity index (χ2n) is 4.76. The van der Waals surface area contributed by atoms with Crippen LogP contribution in [0.25, 0.3) is 0 Å². The normalized spacial score (nSPS) is 11.2. The third kappa shape index (κ3) is 5.02. The van der Waals surface area contributed by atoms with Gasteiger partial charge in [0.2, 0.25) is 0 Å². The highest BCUT2D eigenvalue weighted by molar-refractivity contribution is 5.37. The maximum Gasteiger partial charge on any atom is 0.126 e. The zero-order chi connectivity index (χ0) is 13.4. The van der Waals surface area contributed by atoms with E-state index in [9.17, 15) is 0 Å². The Labute approximate surface area is 110 Å². The zero-order valence-corrected chi connectivity index (χ0v) is 11.7. The molecule has 0 atom stereocenters. The fourth-order valence-corrected chi connectivity index (χ4v) is 1.81. The highest BCUT2D eigenvalue weighted by atomic mass is 16.3. The van der Waals surface area contributed by atoms with Crippen LogP contribution in [0.3, 0.4) is 0 Å². The smallest absolute Gasteiger partial charge is 0.126 e. The molecule has 0 radical (unpaired) electrons. The summed E-state index contributed by atoms with van der Waals surface area (Å²) in [4.78, 5) is 6.54. The van der Waals surface area contributed by atoms with Gasteiger partial charge in [-0.15, -0.1) is 0 Å². The summed E-state index contributed by atoms with van der Waals surface area (Å²) < 4.78 is 0. The van der Waals surface area contributed by atoms with Gasteiger partial charge in [-0.05, 0) is 38.0 Å².